The third-order valence-electron chi connectivity index (χ3n) is 2.82. The van der Waals surface area contributed by atoms with Crippen LogP contribution in [-0.4, -0.2) is 28.8 Å². The first-order valence-corrected chi connectivity index (χ1v) is 6.06. The van der Waals surface area contributed by atoms with E-state index in [1.807, 2.05) is 18.2 Å². The Morgan fingerprint density at radius 1 is 1.22 bits per heavy atom. The molecular weight excluding hydrogens is 230 g/mol. The van der Waals surface area contributed by atoms with Crippen molar-refractivity contribution in [3.63, 3.8) is 0 Å². The van der Waals surface area contributed by atoms with E-state index < -0.39 is 0 Å². The number of H-pyrrole nitrogens is 2. The first kappa shape index (κ1) is 12.6. The van der Waals surface area contributed by atoms with Crippen molar-refractivity contribution in [2.24, 2.45) is 0 Å². The van der Waals surface area contributed by atoms with E-state index in [4.69, 9.17) is 0 Å². The molecule has 0 fully saturated rings. The zero-order chi connectivity index (χ0) is 13.0. The summed E-state index contributed by atoms with van der Waals surface area (Å²) in [5.41, 5.74) is 2.64. The lowest BCUT2D eigenvalue weighted by Gasteiger charge is -2.03. The quantitative estimate of drug-likeness (QED) is 0.665. The average Bonchev–Trinajstić information content (AvgIpc) is 2.67. The molecule has 0 amide bonds. The zero-order valence-electron chi connectivity index (χ0n) is 10.4. The third kappa shape index (κ3) is 3.30. The highest BCUT2D eigenvalue weighted by molar-refractivity contribution is 5.75. The maximum absolute atomic E-state index is 11.1. The summed E-state index contributed by atoms with van der Waals surface area (Å²) >= 11 is 0. The maximum atomic E-state index is 11.1. The van der Waals surface area contributed by atoms with Gasteiger partial charge in [-0.25, -0.2) is 4.79 Å². The molecule has 1 aromatic heterocycles. The van der Waals surface area contributed by atoms with Crippen LogP contribution in [0.3, 0.4) is 0 Å². The number of Topliss-reactive ketones (excluding diaryl/α,β-unsaturated/α-hetero) is 1. The van der Waals surface area contributed by atoms with Gasteiger partial charge in [0.1, 0.15) is 5.78 Å². The van der Waals surface area contributed by atoms with E-state index in [1.165, 1.54) is 0 Å². The highest BCUT2D eigenvalue weighted by atomic mass is 16.1. The summed E-state index contributed by atoms with van der Waals surface area (Å²) in [5.74, 6) is 0.203. The van der Waals surface area contributed by atoms with Crippen molar-refractivity contribution >= 4 is 16.8 Å². The number of carbonyl (C=O) groups excluding carboxylic acids is 1. The summed E-state index contributed by atoms with van der Waals surface area (Å²) in [5, 5.41) is 3.22. The van der Waals surface area contributed by atoms with Gasteiger partial charge in [0.05, 0.1) is 11.0 Å². The van der Waals surface area contributed by atoms with Crippen molar-refractivity contribution in [2.75, 3.05) is 13.1 Å². The van der Waals surface area contributed by atoms with Crippen LogP contribution in [0.1, 0.15) is 18.9 Å². The summed E-state index contributed by atoms with van der Waals surface area (Å²) < 4.78 is 0. The van der Waals surface area contributed by atoms with E-state index in [0.717, 1.165) is 36.1 Å². The van der Waals surface area contributed by atoms with Crippen LogP contribution in [0.5, 0.6) is 0 Å². The Morgan fingerprint density at radius 2 is 2.00 bits per heavy atom. The Bertz CT molecular complexity index is 598. The lowest BCUT2D eigenvalue weighted by Crippen LogP contribution is -2.20. The molecule has 0 aliphatic rings. The fraction of sp³-hybridized carbons (Fsp3) is 0.385. The first-order valence-electron chi connectivity index (χ1n) is 6.06. The fourth-order valence-electron chi connectivity index (χ4n) is 1.86. The second-order valence-corrected chi connectivity index (χ2v) is 4.41. The number of benzene rings is 1. The number of hydrogen-bond donors (Lipinski definition) is 3. The molecule has 3 N–H and O–H groups in total. The van der Waals surface area contributed by atoms with Gasteiger partial charge in [-0.1, -0.05) is 6.07 Å². The molecule has 0 unspecified atom stereocenters. The number of ketones is 1. The van der Waals surface area contributed by atoms with Gasteiger partial charge in [-0.2, -0.15) is 0 Å². The summed E-state index contributed by atoms with van der Waals surface area (Å²) in [4.78, 5) is 27.3. The SMILES string of the molecule is CC(=O)CCNCCc1ccc2[nH]c(=O)[nH]c2c1. The van der Waals surface area contributed by atoms with Crippen LogP contribution in [0, 0.1) is 0 Å². The second-order valence-electron chi connectivity index (χ2n) is 4.41. The highest BCUT2D eigenvalue weighted by Gasteiger charge is 2.00. The van der Waals surface area contributed by atoms with Crippen molar-refractivity contribution in [1.82, 2.24) is 15.3 Å². The molecule has 2 rings (SSSR count). The molecule has 0 radical (unpaired) electrons. The van der Waals surface area contributed by atoms with E-state index in [1.54, 1.807) is 6.92 Å². The normalized spacial score (nSPS) is 10.9. The van der Waals surface area contributed by atoms with Gasteiger partial charge in [-0.3, -0.25) is 4.79 Å². The second kappa shape index (κ2) is 5.64. The molecule has 0 spiro atoms. The van der Waals surface area contributed by atoms with Crippen LogP contribution in [0.15, 0.2) is 23.0 Å². The van der Waals surface area contributed by atoms with Crippen molar-refractivity contribution in [1.29, 1.82) is 0 Å². The van der Waals surface area contributed by atoms with Crippen LogP contribution in [0.4, 0.5) is 0 Å². The molecule has 1 heterocycles. The molecule has 5 heteroatoms. The van der Waals surface area contributed by atoms with E-state index in [-0.39, 0.29) is 11.5 Å². The van der Waals surface area contributed by atoms with E-state index >= 15 is 0 Å². The summed E-state index contributed by atoms with van der Waals surface area (Å²) in [6, 6.07) is 5.87. The van der Waals surface area contributed by atoms with E-state index in [0.29, 0.717) is 6.42 Å². The van der Waals surface area contributed by atoms with Crippen molar-refractivity contribution in [2.45, 2.75) is 19.8 Å². The Morgan fingerprint density at radius 3 is 2.78 bits per heavy atom. The molecule has 0 bridgehead atoms. The van der Waals surface area contributed by atoms with Crippen molar-refractivity contribution in [3.8, 4) is 0 Å². The average molecular weight is 247 g/mol. The summed E-state index contributed by atoms with van der Waals surface area (Å²) in [6.45, 7) is 3.14. The van der Waals surface area contributed by atoms with Crippen LogP contribution >= 0.6 is 0 Å². The standard InChI is InChI=1S/C13H17N3O2/c1-9(17)4-6-14-7-5-10-2-3-11-12(8-10)16-13(18)15-11/h2-3,8,14H,4-7H2,1H3,(H2,15,16,18). The van der Waals surface area contributed by atoms with Crippen LogP contribution in [0.25, 0.3) is 11.0 Å². The smallest absolute Gasteiger partial charge is 0.316 e. The Balaban J connectivity index is 1.87. The summed E-state index contributed by atoms with van der Waals surface area (Å²) in [7, 11) is 0. The largest absolute Gasteiger partial charge is 0.323 e. The molecule has 18 heavy (non-hydrogen) atoms. The number of carbonyl (C=O) groups is 1. The lowest BCUT2D eigenvalue weighted by atomic mass is 10.1. The van der Waals surface area contributed by atoms with Crippen LogP contribution < -0.4 is 11.0 Å². The number of rotatable bonds is 6. The Labute approximate surface area is 105 Å². The topological polar surface area (TPSA) is 77.8 Å². The van der Waals surface area contributed by atoms with Gasteiger partial charge in [0.25, 0.3) is 0 Å². The molecule has 5 nitrogen and oxygen atoms in total. The van der Waals surface area contributed by atoms with Crippen molar-refractivity contribution < 1.29 is 4.79 Å². The van der Waals surface area contributed by atoms with E-state index in [2.05, 4.69) is 15.3 Å². The number of fused-ring (bicyclic) bond motifs is 1. The van der Waals surface area contributed by atoms with Gasteiger partial charge >= 0.3 is 5.69 Å². The predicted molar refractivity (Wildman–Crippen MR) is 70.8 cm³/mol. The molecule has 2 aromatic rings. The Kier molecular flexibility index (Phi) is 3.94. The number of aromatic amines is 2. The molecular formula is C13H17N3O2. The highest BCUT2D eigenvalue weighted by Crippen LogP contribution is 2.10. The van der Waals surface area contributed by atoms with Gasteiger partial charge in [0.15, 0.2) is 0 Å². The molecule has 0 aliphatic heterocycles. The lowest BCUT2D eigenvalue weighted by molar-refractivity contribution is -0.116. The Hall–Kier alpha value is -1.88. The third-order valence-corrected chi connectivity index (χ3v) is 2.82. The van der Waals surface area contributed by atoms with Gasteiger partial charge in [0, 0.05) is 13.0 Å². The van der Waals surface area contributed by atoms with Crippen LogP contribution in [-0.2, 0) is 11.2 Å². The van der Waals surface area contributed by atoms with Crippen molar-refractivity contribution in [3.05, 3.63) is 34.2 Å². The fourth-order valence-corrected chi connectivity index (χ4v) is 1.86. The predicted octanol–water partition coefficient (Wildman–Crippen LogP) is 0.967. The molecule has 0 saturated carbocycles. The molecule has 1 aromatic carbocycles. The maximum Gasteiger partial charge on any atom is 0.323 e. The number of aromatic nitrogens is 2. The first-order chi connectivity index (χ1) is 8.65. The van der Waals surface area contributed by atoms with Crippen LogP contribution in [0.2, 0.25) is 0 Å². The minimum absolute atomic E-state index is 0.179. The number of hydrogen-bond acceptors (Lipinski definition) is 3. The monoisotopic (exact) mass is 247 g/mol. The molecule has 0 atom stereocenters. The molecule has 0 aliphatic carbocycles. The zero-order valence-corrected chi connectivity index (χ0v) is 10.4. The van der Waals surface area contributed by atoms with Gasteiger partial charge in [0.2, 0.25) is 0 Å². The number of nitrogens with one attached hydrogen (secondary N) is 3. The van der Waals surface area contributed by atoms with Gasteiger partial charge < -0.3 is 15.3 Å². The molecule has 96 valence electrons. The molecule has 0 saturated heterocycles. The van der Waals surface area contributed by atoms with E-state index in [9.17, 15) is 9.59 Å². The van der Waals surface area contributed by atoms with Gasteiger partial charge in [-0.15, -0.1) is 0 Å². The minimum Gasteiger partial charge on any atom is -0.316 e. The minimum atomic E-state index is -0.179. The van der Waals surface area contributed by atoms with Gasteiger partial charge in [-0.05, 0) is 37.6 Å². The summed E-state index contributed by atoms with van der Waals surface area (Å²) in [6.07, 6.45) is 1.45. The number of imidazole rings is 1.